The smallest absolute Gasteiger partial charge is 0.389 e. The van der Waals surface area contributed by atoms with Gasteiger partial charge in [-0.3, -0.25) is 9.36 Å². The average Bonchev–Trinajstić information content (AvgIpc) is 2.75. The van der Waals surface area contributed by atoms with Gasteiger partial charge in [-0.2, -0.15) is 0 Å². The predicted octanol–water partition coefficient (Wildman–Crippen LogP) is 1.05. The number of rotatable bonds is 1. The number of ether oxygens (including phenoxy) is 1. The molecule has 3 rings (SSSR count). The molecule has 8 heteroatoms. The number of amides is 2. The molecule has 0 unspecified atom stereocenters. The third kappa shape index (κ3) is 2.00. The summed E-state index contributed by atoms with van der Waals surface area (Å²) >= 11 is 0. The van der Waals surface area contributed by atoms with Gasteiger partial charge in [0.15, 0.2) is 0 Å². The van der Waals surface area contributed by atoms with Crippen LogP contribution in [-0.2, 0) is 6.54 Å². The Morgan fingerprint density at radius 3 is 2.95 bits per heavy atom. The summed E-state index contributed by atoms with van der Waals surface area (Å²) in [6.45, 7) is 0.107. The Morgan fingerprint density at radius 2 is 2.24 bits per heavy atom. The van der Waals surface area contributed by atoms with Gasteiger partial charge in [-0.25, -0.2) is 14.2 Å². The molecule has 7 nitrogen and oxygen atoms in total. The number of nitrogens with zero attached hydrogens (tertiary/aromatic N) is 3. The number of carbonyl (C=O) groups excluding carboxylic acids is 2. The molecule has 0 atom stereocenters. The van der Waals surface area contributed by atoms with Crippen molar-refractivity contribution in [2.75, 3.05) is 7.05 Å². The van der Waals surface area contributed by atoms with E-state index in [1.165, 1.54) is 35.0 Å². The summed E-state index contributed by atoms with van der Waals surface area (Å²) in [4.78, 5) is 28.4. The summed E-state index contributed by atoms with van der Waals surface area (Å²) in [5.74, 6) is -1.08. The van der Waals surface area contributed by atoms with Gasteiger partial charge in [-0.05, 0) is 12.1 Å². The van der Waals surface area contributed by atoms with Crippen LogP contribution in [0.15, 0.2) is 24.5 Å². The molecule has 2 aromatic rings. The Hall–Kier alpha value is -2.90. The number of fused-ring (bicyclic) bond motifs is 3. The highest BCUT2D eigenvalue weighted by Gasteiger charge is 2.29. The van der Waals surface area contributed by atoms with E-state index < -0.39 is 17.8 Å². The van der Waals surface area contributed by atoms with Gasteiger partial charge < -0.3 is 15.4 Å². The van der Waals surface area contributed by atoms with Crippen molar-refractivity contribution in [3.63, 3.8) is 0 Å². The Bertz CT molecular complexity index is 756. The molecule has 2 heterocycles. The molecule has 2 amide bonds. The Balaban J connectivity index is 2.24. The molecule has 1 aliphatic heterocycles. The maximum Gasteiger partial charge on any atom is 0.411 e. The third-order valence-corrected chi connectivity index (χ3v) is 3.22. The lowest BCUT2D eigenvalue weighted by Crippen LogP contribution is -2.26. The molecular weight excluding hydrogens is 279 g/mol. The molecule has 21 heavy (non-hydrogen) atoms. The molecule has 0 spiro atoms. The minimum Gasteiger partial charge on any atom is -0.389 e. The first kappa shape index (κ1) is 13.1. The van der Waals surface area contributed by atoms with Crippen LogP contribution >= 0.6 is 0 Å². The Kier molecular flexibility index (Phi) is 2.86. The van der Waals surface area contributed by atoms with E-state index in [1.807, 2.05) is 0 Å². The zero-order valence-electron chi connectivity index (χ0n) is 11.0. The van der Waals surface area contributed by atoms with Crippen molar-refractivity contribution in [3.05, 3.63) is 41.6 Å². The van der Waals surface area contributed by atoms with Crippen molar-refractivity contribution in [3.8, 4) is 11.6 Å². The number of benzene rings is 1. The van der Waals surface area contributed by atoms with Crippen LogP contribution < -0.4 is 10.5 Å². The maximum atomic E-state index is 14.0. The van der Waals surface area contributed by atoms with Gasteiger partial charge in [0.1, 0.15) is 17.8 Å². The lowest BCUT2D eigenvalue weighted by atomic mass is 10.1. The largest absolute Gasteiger partial charge is 0.411 e. The van der Waals surface area contributed by atoms with Crippen LogP contribution in [0, 0.1) is 5.82 Å². The minimum absolute atomic E-state index is 0.000684. The first-order chi connectivity index (χ1) is 9.99. The van der Waals surface area contributed by atoms with Crippen molar-refractivity contribution in [2.24, 2.45) is 5.73 Å². The van der Waals surface area contributed by atoms with Gasteiger partial charge in [0.05, 0.1) is 17.8 Å². The topological polar surface area (TPSA) is 90.4 Å². The van der Waals surface area contributed by atoms with Crippen LogP contribution in [0.4, 0.5) is 9.18 Å². The summed E-state index contributed by atoms with van der Waals surface area (Å²) < 4.78 is 20.3. The molecule has 0 aliphatic carbocycles. The lowest BCUT2D eigenvalue weighted by Gasteiger charge is -2.14. The van der Waals surface area contributed by atoms with Crippen molar-refractivity contribution in [2.45, 2.75) is 6.54 Å². The predicted molar refractivity (Wildman–Crippen MR) is 69.5 cm³/mol. The maximum absolute atomic E-state index is 14.0. The molecule has 0 fully saturated rings. The van der Waals surface area contributed by atoms with E-state index in [9.17, 15) is 14.0 Å². The fourth-order valence-corrected chi connectivity index (χ4v) is 2.30. The van der Waals surface area contributed by atoms with Gasteiger partial charge in [0.25, 0.3) is 5.91 Å². The molecular formula is C13H11FN4O3. The van der Waals surface area contributed by atoms with E-state index in [4.69, 9.17) is 10.5 Å². The molecule has 1 aromatic carbocycles. The molecule has 1 aromatic heterocycles. The van der Waals surface area contributed by atoms with Crippen LogP contribution in [0.3, 0.4) is 0 Å². The van der Waals surface area contributed by atoms with Crippen LogP contribution in [0.2, 0.25) is 0 Å². The van der Waals surface area contributed by atoms with Crippen LogP contribution in [0.25, 0.3) is 5.69 Å². The number of aromatic nitrogens is 2. The zero-order valence-corrected chi connectivity index (χ0v) is 11.0. The van der Waals surface area contributed by atoms with E-state index in [0.717, 1.165) is 0 Å². The van der Waals surface area contributed by atoms with E-state index in [0.29, 0.717) is 11.4 Å². The zero-order chi connectivity index (χ0) is 15.1. The van der Waals surface area contributed by atoms with Gasteiger partial charge in [0.2, 0.25) is 5.88 Å². The summed E-state index contributed by atoms with van der Waals surface area (Å²) in [6, 6.07) is 4.30. The second-order valence-electron chi connectivity index (χ2n) is 4.58. The van der Waals surface area contributed by atoms with Crippen LogP contribution in [0.5, 0.6) is 5.88 Å². The fourth-order valence-electron chi connectivity index (χ4n) is 2.30. The summed E-state index contributed by atoms with van der Waals surface area (Å²) in [7, 11) is 1.52. The number of halogens is 1. The Morgan fingerprint density at radius 1 is 1.48 bits per heavy atom. The highest BCUT2D eigenvalue weighted by Crippen LogP contribution is 2.29. The van der Waals surface area contributed by atoms with E-state index in [2.05, 4.69) is 4.98 Å². The number of hydrogen-bond donors (Lipinski definition) is 1. The van der Waals surface area contributed by atoms with Crippen molar-refractivity contribution in [1.29, 1.82) is 0 Å². The number of carbonyl (C=O) groups is 2. The SMILES string of the molecule is CN1Cc2c(OC(N)=O)ncn2-c2cccc(F)c2C1=O. The van der Waals surface area contributed by atoms with E-state index in [-0.39, 0.29) is 18.0 Å². The van der Waals surface area contributed by atoms with Gasteiger partial charge in [-0.15, -0.1) is 0 Å². The highest BCUT2D eigenvalue weighted by atomic mass is 19.1. The van der Waals surface area contributed by atoms with Gasteiger partial charge in [-0.1, -0.05) is 6.07 Å². The highest BCUT2D eigenvalue weighted by molar-refractivity contribution is 5.98. The van der Waals surface area contributed by atoms with Gasteiger partial charge in [0, 0.05) is 7.05 Å². The van der Waals surface area contributed by atoms with Crippen molar-refractivity contribution in [1.82, 2.24) is 14.5 Å². The molecule has 108 valence electrons. The Labute approximate surface area is 118 Å². The first-order valence-electron chi connectivity index (χ1n) is 6.07. The normalized spacial score (nSPS) is 13.4. The third-order valence-electron chi connectivity index (χ3n) is 3.22. The fraction of sp³-hybridized carbons (Fsp3) is 0.154. The standard InChI is InChI=1S/C13H11FN4O3/c1-17-5-9-11(21-13(15)20)16-6-18(9)8-4-2-3-7(14)10(8)12(17)19/h2-4,6H,5H2,1H3,(H2,15,20). The summed E-state index contributed by atoms with van der Waals surface area (Å²) in [5, 5.41) is 0. The van der Waals surface area contributed by atoms with E-state index in [1.54, 1.807) is 6.07 Å². The first-order valence-corrected chi connectivity index (χ1v) is 6.07. The number of primary amides is 1. The quantitative estimate of drug-likeness (QED) is 0.850. The molecule has 2 N–H and O–H groups in total. The number of imidazole rings is 1. The number of hydrogen-bond acceptors (Lipinski definition) is 4. The summed E-state index contributed by atoms with van der Waals surface area (Å²) in [5.41, 5.74) is 5.71. The second-order valence-corrected chi connectivity index (χ2v) is 4.58. The van der Waals surface area contributed by atoms with Gasteiger partial charge >= 0.3 is 6.09 Å². The summed E-state index contributed by atoms with van der Waals surface area (Å²) in [6.07, 6.45) is 0.354. The second kappa shape index (κ2) is 4.58. The number of nitrogens with two attached hydrogens (primary N) is 1. The average molecular weight is 290 g/mol. The van der Waals surface area contributed by atoms with Crippen molar-refractivity contribution >= 4 is 12.0 Å². The van der Waals surface area contributed by atoms with Crippen molar-refractivity contribution < 1.29 is 18.7 Å². The van der Waals surface area contributed by atoms with Crippen LogP contribution in [-0.4, -0.2) is 33.5 Å². The molecule has 1 aliphatic rings. The monoisotopic (exact) mass is 290 g/mol. The minimum atomic E-state index is -1.01. The molecule has 0 radical (unpaired) electrons. The lowest BCUT2D eigenvalue weighted by molar-refractivity contribution is 0.0783. The van der Waals surface area contributed by atoms with Crippen LogP contribution in [0.1, 0.15) is 16.1 Å². The molecule has 0 bridgehead atoms. The molecule has 0 saturated heterocycles. The van der Waals surface area contributed by atoms with E-state index >= 15 is 0 Å². The molecule has 0 saturated carbocycles.